The maximum atomic E-state index is 12.1. The molecule has 104 valence electrons. The number of rotatable bonds is 2. The van der Waals surface area contributed by atoms with E-state index >= 15 is 0 Å². The second-order valence-corrected chi connectivity index (χ2v) is 12.9. The van der Waals surface area contributed by atoms with Gasteiger partial charge >= 0.3 is 5.97 Å². The van der Waals surface area contributed by atoms with Gasteiger partial charge in [0.1, 0.15) is 13.8 Å². The standard InChI is InChI=1S/C15H28O2Si/c1-10-11-12(17-13(16)14(2,3)4)18(8,9)15(5,6)7/h12H,1-9H3. The molecule has 0 rings (SSSR count). The van der Waals surface area contributed by atoms with Gasteiger partial charge in [0.2, 0.25) is 0 Å². The molecule has 0 fully saturated rings. The van der Waals surface area contributed by atoms with Crippen LogP contribution in [-0.2, 0) is 9.53 Å². The van der Waals surface area contributed by atoms with Crippen molar-refractivity contribution in [2.24, 2.45) is 5.41 Å². The van der Waals surface area contributed by atoms with Crippen molar-refractivity contribution >= 4 is 14.0 Å². The van der Waals surface area contributed by atoms with Crippen LogP contribution in [0.15, 0.2) is 0 Å². The molecule has 0 aliphatic heterocycles. The van der Waals surface area contributed by atoms with Crippen molar-refractivity contribution in [2.75, 3.05) is 0 Å². The summed E-state index contributed by atoms with van der Waals surface area (Å²) in [6, 6.07) is 0. The van der Waals surface area contributed by atoms with E-state index in [1.54, 1.807) is 6.92 Å². The first-order valence-corrected chi connectivity index (χ1v) is 9.55. The van der Waals surface area contributed by atoms with E-state index in [1.807, 2.05) is 20.8 Å². The van der Waals surface area contributed by atoms with Crippen LogP contribution in [0, 0.1) is 17.3 Å². The van der Waals surface area contributed by atoms with Crippen LogP contribution in [0.3, 0.4) is 0 Å². The molecule has 0 heterocycles. The Kier molecular flexibility index (Phi) is 5.25. The highest BCUT2D eigenvalue weighted by molar-refractivity contribution is 6.82. The third-order valence-corrected chi connectivity index (χ3v) is 9.14. The van der Waals surface area contributed by atoms with Gasteiger partial charge in [0.25, 0.3) is 0 Å². The molecule has 0 aromatic carbocycles. The van der Waals surface area contributed by atoms with Crippen molar-refractivity contribution in [2.45, 2.75) is 72.3 Å². The minimum atomic E-state index is -1.81. The summed E-state index contributed by atoms with van der Waals surface area (Å²) in [6.45, 7) is 18.5. The Labute approximate surface area is 114 Å². The van der Waals surface area contributed by atoms with Crippen LogP contribution >= 0.6 is 0 Å². The average molecular weight is 268 g/mol. The number of ether oxygens (including phenoxy) is 1. The van der Waals surface area contributed by atoms with Gasteiger partial charge in [-0.1, -0.05) is 39.8 Å². The highest BCUT2D eigenvalue weighted by Crippen LogP contribution is 2.39. The number of carbonyl (C=O) groups is 1. The third kappa shape index (κ3) is 4.17. The highest BCUT2D eigenvalue weighted by atomic mass is 28.3. The van der Waals surface area contributed by atoms with Crippen molar-refractivity contribution in [1.29, 1.82) is 0 Å². The summed E-state index contributed by atoms with van der Waals surface area (Å²) in [6.07, 6.45) is 0. The van der Waals surface area contributed by atoms with E-state index in [-0.39, 0.29) is 16.7 Å². The van der Waals surface area contributed by atoms with Crippen molar-refractivity contribution in [3.05, 3.63) is 0 Å². The number of hydrogen-bond acceptors (Lipinski definition) is 2. The number of esters is 1. The molecule has 0 aliphatic rings. The van der Waals surface area contributed by atoms with Crippen LogP contribution in [0.1, 0.15) is 48.5 Å². The first-order chi connectivity index (χ1) is 7.84. The van der Waals surface area contributed by atoms with Crippen molar-refractivity contribution in [3.8, 4) is 11.8 Å². The van der Waals surface area contributed by atoms with E-state index in [0.717, 1.165) is 0 Å². The Bertz CT molecular complexity index is 359. The van der Waals surface area contributed by atoms with Gasteiger partial charge in [-0.15, -0.1) is 5.92 Å². The molecule has 0 N–H and O–H groups in total. The van der Waals surface area contributed by atoms with Crippen molar-refractivity contribution in [1.82, 2.24) is 0 Å². The molecule has 0 aliphatic carbocycles. The van der Waals surface area contributed by atoms with E-state index in [4.69, 9.17) is 4.74 Å². The molecule has 0 bridgehead atoms. The summed E-state index contributed by atoms with van der Waals surface area (Å²) < 4.78 is 5.70. The summed E-state index contributed by atoms with van der Waals surface area (Å²) >= 11 is 0. The SMILES string of the molecule is CC#CC(OC(=O)C(C)(C)C)[Si](C)(C)C(C)(C)C. The van der Waals surface area contributed by atoms with Gasteiger partial charge in [-0.25, -0.2) is 0 Å². The minimum Gasteiger partial charge on any atom is -0.453 e. The molecule has 0 aromatic heterocycles. The fourth-order valence-electron chi connectivity index (χ4n) is 1.17. The van der Waals surface area contributed by atoms with Crippen molar-refractivity contribution < 1.29 is 9.53 Å². The number of hydrogen-bond donors (Lipinski definition) is 0. The second kappa shape index (κ2) is 5.48. The molecule has 0 radical (unpaired) electrons. The minimum absolute atomic E-state index is 0.139. The molecule has 0 saturated heterocycles. The van der Waals surface area contributed by atoms with E-state index < -0.39 is 13.5 Å². The van der Waals surface area contributed by atoms with Gasteiger partial charge < -0.3 is 4.74 Å². The van der Waals surface area contributed by atoms with Crippen LogP contribution in [0.5, 0.6) is 0 Å². The lowest BCUT2D eigenvalue weighted by molar-refractivity contribution is -0.153. The Morgan fingerprint density at radius 3 is 1.83 bits per heavy atom. The van der Waals surface area contributed by atoms with Gasteiger partial charge in [-0.3, -0.25) is 4.79 Å². The van der Waals surface area contributed by atoms with Gasteiger partial charge in [0.05, 0.1) is 5.41 Å². The third-order valence-electron chi connectivity index (χ3n) is 3.70. The van der Waals surface area contributed by atoms with Crippen LogP contribution in [0.4, 0.5) is 0 Å². The van der Waals surface area contributed by atoms with Crippen molar-refractivity contribution in [3.63, 3.8) is 0 Å². The van der Waals surface area contributed by atoms with Crippen LogP contribution in [-0.4, -0.2) is 19.8 Å². The topological polar surface area (TPSA) is 26.3 Å². The summed E-state index contributed by atoms with van der Waals surface area (Å²) in [4.78, 5) is 12.1. The van der Waals surface area contributed by atoms with Gasteiger partial charge in [-0.2, -0.15) is 0 Å². The Morgan fingerprint density at radius 1 is 1.11 bits per heavy atom. The average Bonchev–Trinajstić information content (AvgIpc) is 2.13. The zero-order valence-corrected chi connectivity index (χ0v) is 14.4. The largest absolute Gasteiger partial charge is 0.453 e. The first-order valence-electron chi connectivity index (χ1n) is 6.47. The smallest absolute Gasteiger partial charge is 0.312 e. The molecule has 1 unspecified atom stereocenters. The van der Waals surface area contributed by atoms with E-state index in [1.165, 1.54) is 0 Å². The maximum Gasteiger partial charge on any atom is 0.312 e. The molecule has 2 nitrogen and oxygen atoms in total. The Balaban J connectivity index is 5.23. The molecular formula is C15H28O2Si. The summed E-state index contributed by atoms with van der Waals surface area (Å²) in [5.74, 6) is 5.84. The van der Waals surface area contributed by atoms with Crippen LogP contribution < -0.4 is 0 Å². The van der Waals surface area contributed by atoms with E-state index in [2.05, 4.69) is 45.7 Å². The molecular weight excluding hydrogens is 240 g/mol. The molecule has 0 spiro atoms. The van der Waals surface area contributed by atoms with Gasteiger partial charge in [0, 0.05) is 0 Å². The van der Waals surface area contributed by atoms with Crippen LogP contribution in [0.2, 0.25) is 18.1 Å². The molecule has 18 heavy (non-hydrogen) atoms. The quantitative estimate of drug-likeness (QED) is 0.429. The molecule has 1 atom stereocenters. The zero-order chi connectivity index (χ0) is 14.8. The lowest BCUT2D eigenvalue weighted by Crippen LogP contribution is -2.51. The molecule has 0 aromatic rings. The lowest BCUT2D eigenvalue weighted by atomic mass is 9.97. The summed E-state index contributed by atoms with van der Waals surface area (Å²) in [7, 11) is -1.81. The van der Waals surface area contributed by atoms with E-state index in [9.17, 15) is 4.79 Å². The molecule has 0 amide bonds. The molecule has 3 heteroatoms. The molecule has 0 saturated carbocycles. The zero-order valence-electron chi connectivity index (χ0n) is 13.4. The predicted molar refractivity (Wildman–Crippen MR) is 80.0 cm³/mol. The van der Waals surface area contributed by atoms with Gasteiger partial charge in [-0.05, 0) is 32.7 Å². The Hall–Kier alpha value is -0.753. The van der Waals surface area contributed by atoms with Crippen LogP contribution in [0.25, 0.3) is 0 Å². The fourth-order valence-corrected chi connectivity index (χ4v) is 2.86. The fraction of sp³-hybridized carbons (Fsp3) is 0.800. The Morgan fingerprint density at radius 2 is 1.56 bits per heavy atom. The predicted octanol–water partition coefficient (Wildman–Crippen LogP) is 4.02. The second-order valence-electron chi connectivity index (χ2n) is 7.40. The monoisotopic (exact) mass is 268 g/mol. The number of carbonyl (C=O) groups excluding carboxylic acids is 1. The van der Waals surface area contributed by atoms with E-state index in [0.29, 0.717) is 0 Å². The first kappa shape index (κ1) is 17.2. The normalized spacial score (nSPS) is 14.5. The lowest BCUT2D eigenvalue weighted by Gasteiger charge is -2.40. The maximum absolute atomic E-state index is 12.1. The highest BCUT2D eigenvalue weighted by Gasteiger charge is 2.45. The van der Waals surface area contributed by atoms with Gasteiger partial charge in [0.15, 0.2) is 0 Å². The summed E-state index contributed by atoms with van der Waals surface area (Å²) in [5.41, 5.74) is -0.718. The summed E-state index contributed by atoms with van der Waals surface area (Å²) in [5, 5.41) is 0.139.